The van der Waals surface area contributed by atoms with Gasteiger partial charge in [0.15, 0.2) is 0 Å². The van der Waals surface area contributed by atoms with Gasteiger partial charge in [-0.2, -0.15) is 0 Å². The first kappa shape index (κ1) is 18.7. The second kappa shape index (κ2) is 8.51. The minimum atomic E-state index is -0.177. The summed E-state index contributed by atoms with van der Waals surface area (Å²) in [6.45, 7) is 2.11. The number of fused-ring (bicyclic) bond motifs is 1. The standard InChI is InChI=1S/C19H20N2O3S2/c1-12-16(13-6-8-14(23-2)9-7-13)17-18(20-11-21-19(17)26-12)25-10-4-5-15(22)24-3/h6-9,11H,4-5,10H2,1-3H3. The smallest absolute Gasteiger partial charge is 0.305 e. The highest BCUT2D eigenvalue weighted by Gasteiger charge is 2.17. The molecule has 5 nitrogen and oxygen atoms in total. The Morgan fingerprint density at radius 2 is 1.96 bits per heavy atom. The maximum atomic E-state index is 11.3. The molecule has 2 heterocycles. The third kappa shape index (κ3) is 3.99. The maximum absolute atomic E-state index is 11.3. The van der Waals surface area contributed by atoms with Crippen LogP contribution in [0.2, 0.25) is 0 Å². The zero-order valence-corrected chi connectivity index (χ0v) is 16.6. The first-order valence-electron chi connectivity index (χ1n) is 8.22. The summed E-state index contributed by atoms with van der Waals surface area (Å²) in [4.78, 5) is 22.4. The Balaban J connectivity index is 1.91. The Hall–Kier alpha value is -2.12. The van der Waals surface area contributed by atoms with E-state index in [0.717, 1.165) is 38.7 Å². The van der Waals surface area contributed by atoms with Crippen LogP contribution in [0.4, 0.5) is 0 Å². The van der Waals surface area contributed by atoms with Crippen LogP contribution < -0.4 is 4.74 Å². The van der Waals surface area contributed by atoms with Crippen molar-refractivity contribution in [3.05, 3.63) is 35.5 Å². The third-order valence-corrected chi connectivity index (χ3v) is 6.09. The SMILES string of the molecule is COC(=O)CCCSc1ncnc2sc(C)c(-c3ccc(OC)cc3)c12. The lowest BCUT2D eigenvalue weighted by Gasteiger charge is -2.07. The topological polar surface area (TPSA) is 61.3 Å². The molecule has 0 amide bonds. The van der Waals surface area contributed by atoms with Crippen molar-refractivity contribution in [2.45, 2.75) is 24.8 Å². The number of hydrogen-bond donors (Lipinski definition) is 0. The summed E-state index contributed by atoms with van der Waals surface area (Å²) in [5.41, 5.74) is 2.30. The van der Waals surface area contributed by atoms with Crippen molar-refractivity contribution >= 4 is 39.3 Å². The zero-order chi connectivity index (χ0) is 18.5. The fourth-order valence-electron chi connectivity index (χ4n) is 2.72. The molecule has 2 aromatic heterocycles. The van der Waals surface area contributed by atoms with Crippen LogP contribution >= 0.6 is 23.1 Å². The van der Waals surface area contributed by atoms with Gasteiger partial charge in [-0.25, -0.2) is 9.97 Å². The van der Waals surface area contributed by atoms with Gasteiger partial charge in [0.2, 0.25) is 0 Å². The molecule has 1 aromatic carbocycles. The van der Waals surface area contributed by atoms with Crippen molar-refractivity contribution in [1.29, 1.82) is 0 Å². The minimum Gasteiger partial charge on any atom is -0.497 e. The zero-order valence-electron chi connectivity index (χ0n) is 14.9. The van der Waals surface area contributed by atoms with Crippen LogP contribution in [0.1, 0.15) is 17.7 Å². The molecular weight excluding hydrogens is 368 g/mol. The third-order valence-electron chi connectivity index (χ3n) is 4.00. The summed E-state index contributed by atoms with van der Waals surface area (Å²) in [5.74, 6) is 1.46. The number of aryl methyl sites for hydroxylation is 1. The molecule has 0 atom stereocenters. The largest absolute Gasteiger partial charge is 0.497 e. The summed E-state index contributed by atoms with van der Waals surface area (Å²) in [5, 5.41) is 2.04. The van der Waals surface area contributed by atoms with E-state index in [1.165, 1.54) is 17.6 Å². The van der Waals surface area contributed by atoms with Crippen LogP contribution in [-0.4, -0.2) is 35.9 Å². The predicted octanol–water partition coefficient (Wildman–Crippen LogP) is 4.72. The van der Waals surface area contributed by atoms with Gasteiger partial charge in [0, 0.05) is 22.6 Å². The number of nitrogens with zero attached hydrogens (tertiary/aromatic N) is 2. The molecule has 136 valence electrons. The van der Waals surface area contributed by atoms with Gasteiger partial charge in [-0.15, -0.1) is 23.1 Å². The van der Waals surface area contributed by atoms with Crippen LogP contribution in [-0.2, 0) is 9.53 Å². The molecule has 0 N–H and O–H groups in total. The van der Waals surface area contributed by atoms with Crippen molar-refractivity contribution < 1.29 is 14.3 Å². The molecule has 0 saturated heterocycles. The van der Waals surface area contributed by atoms with E-state index >= 15 is 0 Å². The number of methoxy groups -OCH3 is 2. The molecule has 0 radical (unpaired) electrons. The van der Waals surface area contributed by atoms with Crippen molar-refractivity contribution in [1.82, 2.24) is 9.97 Å². The van der Waals surface area contributed by atoms with Crippen molar-refractivity contribution in [3.8, 4) is 16.9 Å². The lowest BCUT2D eigenvalue weighted by Crippen LogP contribution is -2.00. The van der Waals surface area contributed by atoms with E-state index in [2.05, 4.69) is 33.8 Å². The fraction of sp³-hybridized carbons (Fsp3) is 0.316. The second-order valence-corrected chi connectivity index (χ2v) is 7.94. The Bertz CT molecular complexity index is 907. The average molecular weight is 389 g/mol. The molecule has 3 rings (SSSR count). The van der Waals surface area contributed by atoms with Crippen LogP contribution in [0, 0.1) is 6.92 Å². The summed E-state index contributed by atoms with van der Waals surface area (Å²) in [6.07, 6.45) is 2.79. The number of aromatic nitrogens is 2. The highest BCUT2D eigenvalue weighted by atomic mass is 32.2. The Labute approximate surface area is 160 Å². The van der Waals surface area contributed by atoms with E-state index in [4.69, 9.17) is 4.74 Å². The normalized spacial score (nSPS) is 10.9. The van der Waals surface area contributed by atoms with Gasteiger partial charge in [-0.05, 0) is 31.0 Å². The number of hydrogen-bond acceptors (Lipinski definition) is 7. The van der Waals surface area contributed by atoms with Crippen LogP contribution in [0.5, 0.6) is 5.75 Å². The molecule has 3 aromatic rings. The number of benzene rings is 1. The van der Waals surface area contributed by atoms with Gasteiger partial charge in [0.05, 0.1) is 19.6 Å². The first-order valence-corrected chi connectivity index (χ1v) is 10.0. The molecule has 0 spiro atoms. The second-order valence-electron chi connectivity index (χ2n) is 5.65. The monoisotopic (exact) mass is 388 g/mol. The Morgan fingerprint density at radius 3 is 2.65 bits per heavy atom. The summed E-state index contributed by atoms with van der Waals surface area (Å²) in [7, 11) is 3.08. The van der Waals surface area contributed by atoms with E-state index in [0.29, 0.717) is 6.42 Å². The van der Waals surface area contributed by atoms with Crippen LogP contribution in [0.15, 0.2) is 35.6 Å². The quantitative estimate of drug-likeness (QED) is 0.253. The number of rotatable bonds is 7. The number of esters is 1. The molecule has 0 bridgehead atoms. The first-order chi connectivity index (χ1) is 12.6. The van der Waals surface area contributed by atoms with E-state index in [1.807, 2.05) is 12.1 Å². The number of thioether (sulfide) groups is 1. The Morgan fingerprint density at radius 1 is 1.19 bits per heavy atom. The molecule has 0 aliphatic rings. The number of carbonyl (C=O) groups is 1. The van der Waals surface area contributed by atoms with Crippen molar-refractivity contribution in [2.24, 2.45) is 0 Å². The van der Waals surface area contributed by atoms with Crippen LogP contribution in [0.25, 0.3) is 21.3 Å². The van der Waals surface area contributed by atoms with Gasteiger partial charge in [0.1, 0.15) is 21.9 Å². The highest BCUT2D eigenvalue weighted by molar-refractivity contribution is 7.99. The van der Waals surface area contributed by atoms with Gasteiger partial charge in [-0.3, -0.25) is 4.79 Å². The van der Waals surface area contributed by atoms with E-state index in [9.17, 15) is 4.79 Å². The average Bonchev–Trinajstić information content (AvgIpc) is 3.01. The highest BCUT2D eigenvalue weighted by Crippen LogP contribution is 2.41. The summed E-state index contributed by atoms with van der Waals surface area (Å²) in [6, 6.07) is 8.05. The number of ether oxygens (including phenoxy) is 2. The van der Waals surface area contributed by atoms with Gasteiger partial charge >= 0.3 is 5.97 Å². The van der Waals surface area contributed by atoms with Gasteiger partial charge in [-0.1, -0.05) is 12.1 Å². The number of thiophene rings is 1. The van der Waals surface area contributed by atoms with Crippen LogP contribution in [0.3, 0.4) is 0 Å². The lowest BCUT2D eigenvalue weighted by atomic mass is 10.0. The molecule has 0 fully saturated rings. The van der Waals surface area contributed by atoms with E-state index in [-0.39, 0.29) is 5.97 Å². The molecule has 26 heavy (non-hydrogen) atoms. The van der Waals surface area contributed by atoms with Gasteiger partial charge < -0.3 is 9.47 Å². The minimum absolute atomic E-state index is 0.177. The summed E-state index contributed by atoms with van der Waals surface area (Å²) >= 11 is 3.33. The fourth-order valence-corrected chi connectivity index (χ4v) is 4.74. The van der Waals surface area contributed by atoms with Crippen molar-refractivity contribution in [2.75, 3.05) is 20.0 Å². The molecular formula is C19H20N2O3S2. The summed E-state index contributed by atoms with van der Waals surface area (Å²) < 4.78 is 9.95. The van der Waals surface area contributed by atoms with Gasteiger partial charge in [0.25, 0.3) is 0 Å². The molecule has 0 aliphatic carbocycles. The van der Waals surface area contributed by atoms with E-state index in [1.54, 1.807) is 36.5 Å². The predicted molar refractivity (Wildman–Crippen MR) is 106 cm³/mol. The maximum Gasteiger partial charge on any atom is 0.305 e. The molecule has 0 aliphatic heterocycles. The Kier molecular flexibility index (Phi) is 6.11. The van der Waals surface area contributed by atoms with Crippen molar-refractivity contribution in [3.63, 3.8) is 0 Å². The molecule has 7 heteroatoms. The lowest BCUT2D eigenvalue weighted by molar-refractivity contribution is -0.140. The number of carbonyl (C=O) groups excluding carboxylic acids is 1. The van der Waals surface area contributed by atoms with E-state index < -0.39 is 0 Å². The molecule has 0 saturated carbocycles. The molecule has 0 unspecified atom stereocenters.